The Morgan fingerprint density at radius 2 is 1.59 bits per heavy atom. The van der Waals surface area contributed by atoms with E-state index in [0.717, 1.165) is 41.2 Å². The summed E-state index contributed by atoms with van der Waals surface area (Å²) in [5, 5.41) is 12.3. The molecular formula is C38H34N4O4. The summed E-state index contributed by atoms with van der Waals surface area (Å²) in [5.41, 5.74) is 4.83. The normalized spacial score (nSPS) is 13.3. The number of carbonyl (C=O) groups excluding carboxylic acids is 1. The fourth-order valence-corrected chi connectivity index (χ4v) is 5.41. The molecule has 8 heteroatoms. The first-order valence-corrected chi connectivity index (χ1v) is 15.6. The van der Waals surface area contributed by atoms with Crippen LogP contribution in [-0.2, 0) is 12.8 Å². The highest BCUT2D eigenvalue weighted by molar-refractivity contribution is 6.12. The number of nitrogens with one attached hydrogen (secondary N) is 1. The highest BCUT2D eigenvalue weighted by Crippen LogP contribution is 2.40. The number of aryl methyl sites for hydroxylation is 1. The number of benzene rings is 4. The molecule has 0 spiro atoms. The largest absolute Gasteiger partial charge is 0.493 e. The molecular weight excluding hydrogens is 576 g/mol. The quantitative estimate of drug-likeness (QED) is 0.131. The van der Waals surface area contributed by atoms with Gasteiger partial charge in [0.05, 0.1) is 12.3 Å². The van der Waals surface area contributed by atoms with Gasteiger partial charge in [-0.15, -0.1) is 10.2 Å². The van der Waals surface area contributed by atoms with Gasteiger partial charge in [-0.1, -0.05) is 72.8 Å². The van der Waals surface area contributed by atoms with Crippen molar-refractivity contribution in [2.75, 3.05) is 11.9 Å². The summed E-state index contributed by atoms with van der Waals surface area (Å²) < 4.78 is 18.1. The maximum Gasteiger partial charge on any atom is 0.239 e. The molecule has 8 nitrogen and oxygen atoms in total. The third kappa shape index (κ3) is 6.76. The van der Waals surface area contributed by atoms with E-state index in [1.165, 1.54) is 0 Å². The van der Waals surface area contributed by atoms with Crippen molar-refractivity contribution in [1.29, 1.82) is 0 Å². The van der Waals surface area contributed by atoms with Crippen molar-refractivity contribution in [2.24, 2.45) is 0 Å². The zero-order chi connectivity index (χ0) is 31.3. The van der Waals surface area contributed by atoms with Gasteiger partial charge >= 0.3 is 0 Å². The van der Waals surface area contributed by atoms with Crippen LogP contribution in [0.2, 0.25) is 0 Å². The number of rotatable bonds is 13. The van der Waals surface area contributed by atoms with E-state index in [1.807, 2.05) is 116 Å². The monoisotopic (exact) mass is 610 g/mol. The minimum atomic E-state index is -0.342. The van der Waals surface area contributed by atoms with E-state index in [1.54, 1.807) is 0 Å². The lowest BCUT2D eigenvalue weighted by Crippen LogP contribution is -2.17. The fourth-order valence-electron chi connectivity index (χ4n) is 5.41. The summed E-state index contributed by atoms with van der Waals surface area (Å²) in [6.07, 6.45) is 3.35. The lowest BCUT2D eigenvalue weighted by molar-refractivity contribution is 0.103. The van der Waals surface area contributed by atoms with Gasteiger partial charge in [0.1, 0.15) is 17.6 Å². The van der Waals surface area contributed by atoms with Crippen LogP contribution in [0.15, 0.2) is 118 Å². The van der Waals surface area contributed by atoms with E-state index in [9.17, 15) is 4.79 Å². The number of anilines is 1. The molecule has 0 amide bonds. The van der Waals surface area contributed by atoms with Gasteiger partial charge in [0.25, 0.3) is 0 Å². The number of carbonyl (C=O) groups is 1. The van der Waals surface area contributed by atoms with E-state index in [2.05, 4.69) is 20.5 Å². The number of hydrogen-bond acceptors (Lipinski definition) is 8. The Bertz CT molecular complexity index is 1910. The molecule has 1 atom stereocenters. The summed E-state index contributed by atoms with van der Waals surface area (Å²) in [5.74, 6) is 3.67. The number of hydrogen-bond donors (Lipinski definition) is 1. The molecule has 1 aliphatic rings. The van der Waals surface area contributed by atoms with Crippen molar-refractivity contribution < 1.29 is 18.4 Å². The second kappa shape index (κ2) is 13.2. The zero-order valence-electron chi connectivity index (χ0n) is 25.6. The predicted molar refractivity (Wildman–Crippen MR) is 175 cm³/mol. The summed E-state index contributed by atoms with van der Waals surface area (Å²) >= 11 is 0. The first-order valence-electron chi connectivity index (χ1n) is 15.6. The van der Waals surface area contributed by atoms with Crippen molar-refractivity contribution >= 4 is 11.5 Å². The molecule has 2 aromatic heterocycles. The lowest BCUT2D eigenvalue weighted by Gasteiger charge is -2.19. The molecule has 1 aliphatic carbocycles. The van der Waals surface area contributed by atoms with Crippen LogP contribution in [-0.4, -0.2) is 27.6 Å². The maximum atomic E-state index is 13.4. The van der Waals surface area contributed by atoms with Crippen LogP contribution in [0.1, 0.15) is 69.5 Å². The molecule has 1 N–H and O–H groups in total. The zero-order valence-corrected chi connectivity index (χ0v) is 25.6. The fraction of sp³-hybridized carbons (Fsp3) is 0.211. The number of oxazole rings is 1. The third-order valence-corrected chi connectivity index (χ3v) is 8.10. The third-order valence-electron chi connectivity index (χ3n) is 8.10. The lowest BCUT2D eigenvalue weighted by atomic mass is 10.00. The van der Waals surface area contributed by atoms with Crippen LogP contribution < -0.4 is 10.1 Å². The van der Waals surface area contributed by atoms with Crippen LogP contribution in [0.25, 0.3) is 11.5 Å². The smallest absolute Gasteiger partial charge is 0.239 e. The molecule has 0 radical (unpaired) electrons. The molecule has 1 saturated carbocycles. The van der Waals surface area contributed by atoms with Crippen LogP contribution in [0, 0.1) is 6.92 Å². The Kier molecular flexibility index (Phi) is 8.41. The molecule has 7 rings (SSSR count). The molecule has 0 unspecified atom stereocenters. The van der Waals surface area contributed by atoms with E-state index < -0.39 is 0 Å². The van der Waals surface area contributed by atoms with Gasteiger partial charge in [-0.05, 0) is 61.7 Å². The van der Waals surface area contributed by atoms with Gasteiger partial charge in [0, 0.05) is 41.1 Å². The molecule has 0 saturated heterocycles. The number of aromatic nitrogens is 3. The second-order valence-corrected chi connectivity index (χ2v) is 11.5. The molecule has 4 aromatic carbocycles. The summed E-state index contributed by atoms with van der Waals surface area (Å²) in [7, 11) is 0. The minimum Gasteiger partial charge on any atom is -0.493 e. The van der Waals surface area contributed by atoms with Crippen LogP contribution in [0.3, 0.4) is 0 Å². The van der Waals surface area contributed by atoms with Crippen molar-refractivity contribution in [3.8, 4) is 17.2 Å². The van der Waals surface area contributed by atoms with Gasteiger partial charge in [0.15, 0.2) is 5.78 Å². The Labute approximate surface area is 267 Å². The second-order valence-electron chi connectivity index (χ2n) is 11.5. The van der Waals surface area contributed by atoms with E-state index in [0.29, 0.717) is 59.9 Å². The van der Waals surface area contributed by atoms with E-state index in [-0.39, 0.29) is 11.8 Å². The van der Waals surface area contributed by atoms with Crippen molar-refractivity contribution in [3.63, 3.8) is 0 Å². The highest BCUT2D eigenvalue weighted by atomic mass is 16.5. The first-order chi connectivity index (χ1) is 22.6. The highest BCUT2D eigenvalue weighted by Gasteiger charge is 2.31. The average molecular weight is 611 g/mol. The minimum absolute atomic E-state index is 0.0507. The van der Waals surface area contributed by atoms with Gasteiger partial charge in [-0.2, -0.15) is 0 Å². The van der Waals surface area contributed by atoms with E-state index in [4.69, 9.17) is 13.6 Å². The van der Waals surface area contributed by atoms with Crippen molar-refractivity contribution in [3.05, 3.63) is 149 Å². The first kappa shape index (κ1) is 29.2. The summed E-state index contributed by atoms with van der Waals surface area (Å²) in [6.45, 7) is 2.41. The van der Waals surface area contributed by atoms with Crippen LogP contribution in [0.4, 0.5) is 5.69 Å². The molecule has 46 heavy (non-hydrogen) atoms. The van der Waals surface area contributed by atoms with Gasteiger partial charge in [-0.3, -0.25) is 4.79 Å². The maximum absolute atomic E-state index is 13.4. The van der Waals surface area contributed by atoms with Crippen molar-refractivity contribution in [2.45, 2.75) is 44.6 Å². The number of para-hydroxylation sites is 1. The molecule has 6 aromatic rings. The number of ether oxygens (including phenoxy) is 1. The molecule has 0 bridgehead atoms. The Morgan fingerprint density at radius 3 is 2.35 bits per heavy atom. The SMILES string of the molecule is Cc1oc(-c2ccccc2)nc1CCOc1ccc(C[C@H](Nc2ccccc2C(=O)c2ccccc2)c2nnc(C3CC3)o2)cc1. The van der Waals surface area contributed by atoms with Crippen LogP contribution >= 0.6 is 0 Å². The topological polar surface area (TPSA) is 103 Å². The molecule has 2 heterocycles. The molecule has 0 aliphatic heterocycles. The van der Waals surface area contributed by atoms with Gasteiger partial charge in [0.2, 0.25) is 17.7 Å². The summed E-state index contributed by atoms with van der Waals surface area (Å²) in [4.78, 5) is 18.1. The van der Waals surface area contributed by atoms with E-state index >= 15 is 0 Å². The summed E-state index contributed by atoms with van der Waals surface area (Å²) in [6, 6.07) is 34.4. The number of ketones is 1. The molecule has 230 valence electrons. The standard InChI is InChI=1S/C38H34N4O4/c1-25-32(40-36(45-25)28-12-6-3-7-13-28)22-23-44-30-20-16-26(17-21-30)24-34(38-42-41-37(46-38)29-18-19-29)39-33-15-9-8-14-31(33)35(43)27-10-4-2-5-11-27/h2-17,20-21,29,34,39H,18-19,22-24H2,1H3/t34-/m0/s1. The Hall–Kier alpha value is -5.50. The van der Waals surface area contributed by atoms with Crippen LogP contribution in [0.5, 0.6) is 5.75 Å². The average Bonchev–Trinajstić information content (AvgIpc) is 3.72. The molecule has 1 fully saturated rings. The Morgan fingerprint density at radius 1 is 0.870 bits per heavy atom. The Balaban J connectivity index is 1.04. The number of nitrogens with zero attached hydrogens (tertiary/aromatic N) is 3. The van der Waals surface area contributed by atoms with Crippen molar-refractivity contribution in [1.82, 2.24) is 15.2 Å². The van der Waals surface area contributed by atoms with Gasteiger partial charge in [-0.25, -0.2) is 4.98 Å². The predicted octanol–water partition coefficient (Wildman–Crippen LogP) is 8.16. The van der Waals surface area contributed by atoms with Gasteiger partial charge < -0.3 is 18.9 Å².